The van der Waals surface area contributed by atoms with Crippen LogP contribution in [0.1, 0.15) is 29.2 Å². The van der Waals surface area contributed by atoms with Gasteiger partial charge in [0, 0.05) is 29.5 Å². The minimum atomic E-state index is -3.36. The van der Waals surface area contributed by atoms with E-state index in [1.54, 1.807) is 24.6 Å². The van der Waals surface area contributed by atoms with E-state index in [0.29, 0.717) is 17.3 Å². The second-order valence-electron chi connectivity index (χ2n) is 8.06. The number of hydrogen-bond acceptors (Lipinski definition) is 5. The molecule has 0 amide bonds. The second kappa shape index (κ2) is 8.96. The predicted molar refractivity (Wildman–Crippen MR) is 135 cm³/mol. The summed E-state index contributed by atoms with van der Waals surface area (Å²) in [7, 11) is -3.36. The quantitative estimate of drug-likeness (QED) is 0.375. The molecule has 0 unspecified atom stereocenters. The fourth-order valence-corrected chi connectivity index (χ4v) is 5.16. The molecule has 1 saturated heterocycles. The average Bonchev–Trinajstić information content (AvgIpc) is 3.55. The van der Waals surface area contributed by atoms with E-state index in [9.17, 15) is 8.42 Å². The Bertz CT molecular complexity index is 1380. The van der Waals surface area contributed by atoms with Crippen LogP contribution in [-0.4, -0.2) is 29.3 Å². The van der Waals surface area contributed by atoms with E-state index in [4.69, 9.17) is 16.6 Å². The molecule has 1 aliphatic heterocycles. The molecule has 0 saturated carbocycles. The third-order valence-corrected chi connectivity index (χ3v) is 6.54. The van der Waals surface area contributed by atoms with Crippen LogP contribution in [0.3, 0.4) is 0 Å². The molecule has 1 aliphatic rings. The summed E-state index contributed by atoms with van der Waals surface area (Å²) in [5.41, 5.74) is 3.24. The van der Waals surface area contributed by atoms with Crippen molar-refractivity contribution in [1.82, 2.24) is 14.9 Å². The molecular weight excluding hydrogens is 470 g/mol. The zero-order chi connectivity index (χ0) is 23.7. The van der Waals surface area contributed by atoms with Gasteiger partial charge in [-0.3, -0.25) is 9.71 Å². The molecule has 0 aliphatic carbocycles. The van der Waals surface area contributed by atoms with Crippen LogP contribution in [0.4, 0.5) is 11.4 Å². The average molecular weight is 494 g/mol. The van der Waals surface area contributed by atoms with Gasteiger partial charge in [-0.25, -0.2) is 8.42 Å². The third-order valence-electron chi connectivity index (χ3n) is 5.62. The van der Waals surface area contributed by atoms with E-state index >= 15 is 0 Å². The van der Waals surface area contributed by atoms with Crippen molar-refractivity contribution in [2.24, 2.45) is 0 Å². The van der Waals surface area contributed by atoms with Crippen LogP contribution in [0.5, 0.6) is 0 Å². The lowest BCUT2D eigenvalue weighted by molar-refractivity contribution is 0.475. The Morgan fingerprint density at radius 2 is 1.91 bits per heavy atom. The number of hydrogen-bond donors (Lipinski definition) is 2. The molecule has 4 heterocycles. The van der Waals surface area contributed by atoms with Gasteiger partial charge < -0.3 is 19.2 Å². The van der Waals surface area contributed by atoms with Crippen molar-refractivity contribution in [3.63, 3.8) is 0 Å². The van der Waals surface area contributed by atoms with Crippen LogP contribution in [-0.2, 0) is 16.6 Å². The number of aromatic nitrogens is 2. The summed E-state index contributed by atoms with van der Waals surface area (Å²) in [6.07, 6.45) is 6.58. The van der Waals surface area contributed by atoms with Crippen molar-refractivity contribution in [2.75, 3.05) is 15.9 Å². The minimum Gasteiger partial charge on any atom is -0.467 e. The van der Waals surface area contributed by atoms with Gasteiger partial charge in [-0.2, -0.15) is 0 Å². The number of rotatable bonds is 7. The van der Waals surface area contributed by atoms with E-state index in [-0.39, 0.29) is 12.1 Å². The van der Waals surface area contributed by atoms with E-state index in [1.807, 2.05) is 59.6 Å². The van der Waals surface area contributed by atoms with Gasteiger partial charge in [0.15, 0.2) is 5.11 Å². The number of nitrogens with one attached hydrogen (secondary N) is 2. The Morgan fingerprint density at radius 1 is 1.09 bits per heavy atom. The van der Waals surface area contributed by atoms with Gasteiger partial charge in [0.2, 0.25) is 10.0 Å². The van der Waals surface area contributed by atoms with E-state index in [2.05, 4.69) is 25.7 Å². The summed E-state index contributed by atoms with van der Waals surface area (Å²) in [5.74, 6) is 0.850. The van der Waals surface area contributed by atoms with Crippen LogP contribution in [0, 0.1) is 0 Å². The summed E-state index contributed by atoms with van der Waals surface area (Å²) >= 11 is 5.78. The van der Waals surface area contributed by atoms with Gasteiger partial charge >= 0.3 is 0 Å². The van der Waals surface area contributed by atoms with Crippen molar-refractivity contribution in [3.8, 4) is 0 Å². The Kier molecular flexibility index (Phi) is 5.84. The van der Waals surface area contributed by atoms with Gasteiger partial charge in [0.1, 0.15) is 11.8 Å². The molecular formula is C24H23N5O3S2. The SMILES string of the molecule is CS(=O)(=O)Nc1ccc(N2C(=S)N[C@@H](c3ccccn3)[C@H]2c2cccn2Cc2ccco2)cc1. The number of thiocarbonyl (C=S) groups is 1. The Labute approximate surface area is 203 Å². The molecule has 2 atom stereocenters. The lowest BCUT2D eigenvalue weighted by Crippen LogP contribution is -2.30. The van der Waals surface area contributed by atoms with Crippen LogP contribution >= 0.6 is 12.2 Å². The molecule has 0 radical (unpaired) electrons. The maximum atomic E-state index is 11.6. The standard InChI is InChI=1S/C24H23N5O3S2/c1-34(30,31)27-17-9-11-18(12-10-17)29-23(22(26-24(29)33)20-7-2-3-13-25-20)21-8-4-14-28(21)16-19-6-5-15-32-19/h2-15,22-23,27H,16H2,1H3,(H,26,33)/t22-,23+/m0/s1. The van der Waals surface area contributed by atoms with Crippen molar-refractivity contribution >= 4 is 38.7 Å². The number of furan rings is 1. The summed E-state index contributed by atoms with van der Waals surface area (Å²) < 4.78 is 33.4. The van der Waals surface area contributed by atoms with Gasteiger partial charge in [-0.05, 0) is 72.9 Å². The first-order chi connectivity index (χ1) is 16.4. The molecule has 174 valence electrons. The highest BCUT2D eigenvalue weighted by Gasteiger charge is 2.42. The normalized spacial score (nSPS) is 18.1. The number of anilines is 2. The lowest BCUT2D eigenvalue weighted by atomic mass is 10.0. The van der Waals surface area contributed by atoms with Gasteiger partial charge in [-0.1, -0.05) is 6.07 Å². The smallest absolute Gasteiger partial charge is 0.229 e. The zero-order valence-corrected chi connectivity index (χ0v) is 20.0. The highest BCUT2D eigenvalue weighted by Crippen LogP contribution is 2.42. The first kappa shape index (κ1) is 22.2. The highest BCUT2D eigenvalue weighted by molar-refractivity contribution is 7.92. The zero-order valence-electron chi connectivity index (χ0n) is 18.3. The lowest BCUT2D eigenvalue weighted by Gasteiger charge is -2.29. The number of benzene rings is 1. The van der Waals surface area contributed by atoms with Gasteiger partial charge in [0.05, 0.1) is 30.8 Å². The number of sulfonamides is 1. The topological polar surface area (TPSA) is 92.4 Å². The largest absolute Gasteiger partial charge is 0.467 e. The fourth-order valence-electron chi connectivity index (χ4n) is 4.25. The molecule has 0 bridgehead atoms. The summed E-state index contributed by atoms with van der Waals surface area (Å²) in [4.78, 5) is 6.64. The predicted octanol–water partition coefficient (Wildman–Crippen LogP) is 4.07. The number of pyridine rings is 1. The summed E-state index contributed by atoms with van der Waals surface area (Å²) in [5, 5.41) is 4.01. The van der Waals surface area contributed by atoms with Crippen molar-refractivity contribution in [1.29, 1.82) is 0 Å². The van der Waals surface area contributed by atoms with Gasteiger partial charge in [-0.15, -0.1) is 0 Å². The minimum absolute atomic E-state index is 0.187. The second-order valence-corrected chi connectivity index (χ2v) is 10.2. The molecule has 0 spiro atoms. The van der Waals surface area contributed by atoms with E-state index in [1.165, 1.54) is 0 Å². The number of nitrogens with zero attached hydrogens (tertiary/aromatic N) is 3. The van der Waals surface area contributed by atoms with Crippen molar-refractivity contribution in [2.45, 2.75) is 18.6 Å². The molecule has 3 aromatic heterocycles. The first-order valence-electron chi connectivity index (χ1n) is 10.6. The van der Waals surface area contributed by atoms with Crippen molar-refractivity contribution < 1.29 is 12.8 Å². The summed E-state index contributed by atoms with van der Waals surface area (Å²) in [6, 6.07) is 20.5. The van der Waals surface area contributed by atoms with Crippen molar-refractivity contribution in [3.05, 3.63) is 103 Å². The van der Waals surface area contributed by atoms with Crippen LogP contribution in [0.25, 0.3) is 0 Å². The molecule has 8 nitrogen and oxygen atoms in total. The molecule has 10 heteroatoms. The summed E-state index contributed by atoms with van der Waals surface area (Å²) in [6.45, 7) is 0.582. The van der Waals surface area contributed by atoms with Crippen LogP contribution in [0.15, 0.2) is 89.8 Å². The maximum Gasteiger partial charge on any atom is 0.229 e. The molecule has 34 heavy (non-hydrogen) atoms. The first-order valence-corrected chi connectivity index (χ1v) is 12.9. The maximum absolute atomic E-state index is 11.6. The monoisotopic (exact) mass is 493 g/mol. The molecule has 2 N–H and O–H groups in total. The Morgan fingerprint density at radius 3 is 2.59 bits per heavy atom. The molecule has 1 fully saturated rings. The molecule has 4 aromatic rings. The third kappa shape index (κ3) is 4.55. The molecule has 1 aromatic carbocycles. The fraction of sp³-hybridized carbons (Fsp3) is 0.167. The van der Waals surface area contributed by atoms with E-state index in [0.717, 1.165) is 29.1 Å². The van der Waals surface area contributed by atoms with Crippen LogP contribution < -0.4 is 14.9 Å². The van der Waals surface area contributed by atoms with E-state index < -0.39 is 10.0 Å². The highest BCUT2D eigenvalue weighted by atomic mass is 32.2. The molecule has 5 rings (SSSR count). The van der Waals surface area contributed by atoms with Gasteiger partial charge in [0.25, 0.3) is 0 Å². The Hall–Kier alpha value is -3.63. The Balaban J connectivity index is 1.56. The van der Waals surface area contributed by atoms with Crippen LogP contribution in [0.2, 0.25) is 0 Å².